The van der Waals surface area contributed by atoms with Crippen LogP contribution in [0.2, 0.25) is 0 Å². The van der Waals surface area contributed by atoms with E-state index in [4.69, 9.17) is 0 Å². The Morgan fingerprint density at radius 2 is 2.00 bits per heavy atom. The fourth-order valence-corrected chi connectivity index (χ4v) is 3.00. The van der Waals surface area contributed by atoms with E-state index in [-0.39, 0.29) is 0 Å². The van der Waals surface area contributed by atoms with Gasteiger partial charge < -0.3 is 15.1 Å². The maximum atomic E-state index is 3.40. The van der Waals surface area contributed by atoms with Gasteiger partial charge in [0.05, 0.1) is 0 Å². The van der Waals surface area contributed by atoms with Gasteiger partial charge in [0.1, 0.15) is 0 Å². The molecule has 2 aliphatic heterocycles. The molecule has 0 unspecified atom stereocenters. The summed E-state index contributed by atoms with van der Waals surface area (Å²) in [6.07, 6.45) is 2.41. The van der Waals surface area contributed by atoms with Gasteiger partial charge in [-0.2, -0.15) is 0 Å². The number of likely N-dealkylation sites (N-methyl/N-ethyl adjacent to an activating group) is 1. The van der Waals surface area contributed by atoms with Crippen molar-refractivity contribution in [3.63, 3.8) is 0 Å². The second-order valence-electron chi connectivity index (χ2n) is 5.48. The van der Waals surface area contributed by atoms with Gasteiger partial charge >= 0.3 is 0 Å². The molecule has 0 saturated carbocycles. The zero-order valence-corrected chi connectivity index (χ0v) is 11.3. The Labute approximate surface area is 110 Å². The molecule has 1 saturated heterocycles. The first-order valence-corrected chi connectivity index (χ1v) is 7.09. The molecule has 1 aromatic rings. The van der Waals surface area contributed by atoms with Crippen LogP contribution in [0.1, 0.15) is 11.1 Å². The smallest absolute Gasteiger partial charge is 0.0397 e. The maximum Gasteiger partial charge on any atom is 0.0397 e. The van der Waals surface area contributed by atoms with Crippen LogP contribution in [-0.2, 0) is 12.8 Å². The van der Waals surface area contributed by atoms with Crippen LogP contribution in [-0.4, -0.2) is 51.2 Å². The first-order valence-electron chi connectivity index (χ1n) is 7.09. The SMILES string of the molecule is CN1CCc2cc(CCN3CCNCC3)ccc21. The van der Waals surface area contributed by atoms with Crippen molar-refractivity contribution in [1.82, 2.24) is 10.2 Å². The lowest BCUT2D eigenvalue weighted by Gasteiger charge is -2.27. The zero-order valence-electron chi connectivity index (χ0n) is 11.3. The van der Waals surface area contributed by atoms with Crippen LogP contribution >= 0.6 is 0 Å². The zero-order chi connectivity index (χ0) is 12.4. The normalized spacial score (nSPS) is 20.2. The number of anilines is 1. The van der Waals surface area contributed by atoms with E-state index >= 15 is 0 Å². The van der Waals surface area contributed by atoms with Crippen molar-refractivity contribution in [3.05, 3.63) is 29.3 Å². The molecular weight excluding hydrogens is 222 g/mol. The second kappa shape index (κ2) is 5.29. The quantitative estimate of drug-likeness (QED) is 0.861. The van der Waals surface area contributed by atoms with Crippen LogP contribution in [0.4, 0.5) is 5.69 Å². The van der Waals surface area contributed by atoms with Crippen molar-refractivity contribution in [2.45, 2.75) is 12.8 Å². The summed E-state index contributed by atoms with van der Waals surface area (Å²) in [4.78, 5) is 4.92. The molecule has 2 aliphatic rings. The molecule has 1 fully saturated rings. The Hall–Kier alpha value is -1.06. The molecule has 0 aliphatic carbocycles. The summed E-state index contributed by atoms with van der Waals surface area (Å²) in [6, 6.07) is 7.03. The number of rotatable bonds is 3. The highest BCUT2D eigenvalue weighted by molar-refractivity contribution is 5.58. The van der Waals surface area contributed by atoms with E-state index in [9.17, 15) is 0 Å². The summed E-state index contributed by atoms with van der Waals surface area (Å²) in [5, 5.41) is 3.40. The molecule has 0 aromatic heterocycles. The average molecular weight is 245 g/mol. The highest BCUT2D eigenvalue weighted by Gasteiger charge is 2.16. The summed E-state index contributed by atoms with van der Waals surface area (Å²) in [7, 11) is 2.19. The lowest BCUT2D eigenvalue weighted by molar-refractivity contribution is 0.244. The van der Waals surface area contributed by atoms with Gasteiger partial charge in [-0.25, -0.2) is 0 Å². The molecule has 3 nitrogen and oxygen atoms in total. The van der Waals surface area contributed by atoms with E-state index in [2.05, 4.69) is 40.4 Å². The van der Waals surface area contributed by atoms with Crippen molar-refractivity contribution in [2.75, 3.05) is 51.2 Å². The van der Waals surface area contributed by atoms with Gasteiger partial charge in [0.2, 0.25) is 0 Å². The third-order valence-electron chi connectivity index (χ3n) is 4.20. The monoisotopic (exact) mass is 245 g/mol. The standard InChI is InChI=1S/C15H23N3/c1-17-8-5-14-12-13(2-3-15(14)17)4-9-18-10-6-16-7-11-18/h2-3,12,16H,4-11H2,1H3. The molecule has 3 rings (SSSR count). The fourth-order valence-electron chi connectivity index (χ4n) is 3.00. The van der Waals surface area contributed by atoms with Crippen LogP contribution in [0.15, 0.2) is 18.2 Å². The fraction of sp³-hybridized carbons (Fsp3) is 0.600. The predicted molar refractivity (Wildman–Crippen MR) is 76.4 cm³/mol. The van der Waals surface area contributed by atoms with Gasteiger partial charge in [-0.05, 0) is 30.0 Å². The van der Waals surface area contributed by atoms with Crippen LogP contribution in [0, 0.1) is 0 Å². The van der Waals surface area contributed by atoms with Gasteiger partial charge in [-0.1, -0.05) is 12.1 Å². The number of hydrogen-bond acceptors (Lipinski definition) is 3. The Kier molecular flexibility index (Phi) is 3.52. The molecule has 2 heterocycles. The Morgan fingerprint density at radius 3 is 2.83 bits per heavy atom. The molecule has 3 heteroatoms. The first kappa shape index (κ1) is 12.0. The van der Waals surface area contributed by atoms with Crippen molar-refractivity contribution in [2.24, 2.45) is 0 Å². The number of nitrogens with one attached hydrogen (secondary N) is 1. The van der Waals surface area contributed by atoms with Gasteiger partial charge in [-0.3, -0.25) is 0 Å². The van der Waals surface area contributed by atoms with Crippen LogP contribution < -0.4 is 10.2 Å². The summed E-state index contributed by atoms with van der Waals surface area (Å²) in [6.45, 7) is 7.08. The Morgan fingerprint density at radius 1 is 1.17 bits per heavy atom. The van der Waals surface area contributed by atoms with Crippen LogP contribution in [0.25, 0.3) is 0 Å². The lowest BCUT2D eigenvalue weighted by atomic mass is 10.1. The van der Waals surface area contributed by atoms with E-state index in [1.165, 1.54) is 55.8 Å². The van der Waals surface area contributed by atoms with Gasteiger partial charge in [0, 0.05) is 52.0 Å². The summed E-state index contributed by atoms with van der Waals surface area (Å²) < 4.78 is 0. The molecule has 0 spiro atoms. The minimum absolute atomic E-state index is 1.15. The van der Waals surface area contributed by atoms with Crippen LogP contribution in [0.3, 0.4) is 0 Å². The third kappa shape index (κ3) is 2.52. The highest BCUT2D eigenvalue weighted by Crippen LogP contribution is 2.27. The minimum atomic E-state index is 1.15. The van der Waals surface area contributed by atoms with Crippen molar-refractivity contribution in [1.29, 1.82) is 0 Å². The molecule has 0 radical (unpaired) electrons. The van der Waals surface area contributed by atoms with E-state index in [1.54, 1.807) is 0 Å². The topological polar surface area (TPSA) is 18.5 Å². The summed E-state index contributed by atoms with van der Waals surface area (Å²) >= 11 is 0. The van der Waals surface area contributed by atoms with Gasteiger partial charge in [0.15, 0.2) is 0 Å². The summed E-state index contributed by atoms with van der Waals surface area (Å²) in [5.41, 5.74) is 4.47. The van der Waals surface area contributed by atoms with Crippen LogP contribution in [0.5, 0.6) is 0 Å². The Balaban J connectivity index is 1.60. The van der Waals surface area contributed by atoms with E-state index in [0.29, 0.717) is 0 Å². The van der Waals surface area contributed by atoms with E-state index in [0.717, 1.165) is 13.1 Å². The second-order valence-corrected chi connectivity index (χ2v) is 5.48. The third-order valence-corrected chi connectivity index (χ3v) is 4.20. The number of piperazine rings is 1. The number of benzene rings is 1. The summed E-state index contributed by atoms with van der Waals surface area (Å²) in [5.74, 6) is 0. The number of fused-ring (bicyclic) bond motifs is 1. The molecule has 98 valence electrons. The van der Waals surface area contributed by atoms with Gasteiger partial charge in [-0.15, -0.1) is 0 Å². The van der Waals surface area contributed by atoms with E-state index < -0.39 is 0 Å². The molecule has 1 N–H and O–H groups in total. The molecule has 0 atom stereocenters. The largest absolute Gasteiger partial charge is 0.374 e. The minimum Gasteiger partial charge on any atom is -0.374 e. The van der Waals surface area contributed by atoms with Gasteiger partial charge in [0.25, 0.3) is 0 Å². The van der Waals surface area contributed by atoms with Crippen molar-refractivity contribution < 1.29 is 0 Å². The van der Waals surface area contributed by atoms with E-state index in [1.807, 2.05) is 0 Å². The molecule has 18 heavy (non-hydrogen) atoms. The predicted octanol–water partition coefficient (Wildman–Crippen LogP) is 1.13. The average Bonchev–Trinajstić information content (AvgIpc) is 2.79. The number of nitrogens with zero attached hydrogens (tertiary/aromatic N) is 2. The van der Waals surface area contributed by atoms with Crippen molar-refractivity contribution in [3.8, 4) is 0 Å². The van der Waals surface area contributed by atoms with Crippen molar-refractivity contribution >= 4 is 5.69 Å². The maximum absolute atomic E-state index is 3.40. The lowest BCUT2D eigenvalue weighted by Crippen LogP contribution is -2.44. The highest BCUT2D eigenvalue weighted by atomic mass is 15.2. The first-order chi connectivity index (χ1) is 8.83. The number of hydrogen-bond donors (Lipinski definition) is 1. The molecule has 0 amide bonds. The molecule has 0 bridgehead atoms. The molecular formula is C15H23N3. The molecule has 1 aromatic carbocycles. The Bertz CT molecular complexity index is 410.